The summed E-state index contributed by atoms with van der Waals surface area (Å²) in [5.41, 5.74) is -0.834. The largest absolute Gasteiger partial charge is 0.453 e. The topological polar surface area (TPSA) is 116 Å². The van der Waals surface area contributed by atoms with Crippen molar-refractivity contribution in [2.24, 2.45) is 0 Å². The number of Topliss-reactive ketones (excluding diaryl/α,β-unsaturated/α-hetero) is 1. The zero-order valence-corrected chi connectivity index (χ0v) is 14.1. The number of nitrogens with one attached hydrogen (secondary N) is 1. The van der Waals surface area contributed by atoms with Crippen LogP contribution in [-0.4, -0.2) is 57.0 Å². The van der Waals surface area contributed by atoms with Crippen molar-refractivity contribution >= 4 is 23.6 Å². The van der Waals surface area contributed by atoms with Crippen molar-refractivity contribution in [3.05, 3.63) is 47.0 Å². The van der Waals surface area contributed by atoms with Crippen LogP contribution in [-0.2, 0) is 15.1 Å². The summed E-state index contributed by atoms with van der Waals surface area (Å²) in [6.45, 7) is 0. The third-order valence-electron chi connectivity index (χ3n) is 5.34. The number of methoxy groups -OCH3 is 1. The van der Waals surface area contributed by atoms with Crippen LogP contribution in [0.1, 0.15) is 17.2 Å². The number of aliphatic hydroxyl groups excluding tert-OH is 2. The Balaban J connectivity index is 1.99. The van der Waals surface area contributed by atoms with Gasteiger partial charge in [-0.05, 0) is 16.7 Å². The van der Waals surface area contributed by atoms with E-state index in [-0.39, 0.29) is 0 Å². The number of benzene rings is 1. The van der Waals surface area contributed by atoms with E-state index in [9.17, 15) is 24.9 Å². The van der Waals surface area contributed by atoms with E-state index in [0.717, 1.165) is 7.11 Å². The SMILES string of the molecule is COC(=O)N[C@@H]1C(=O)[C@H](O)[C@@]2(O)C3=CCS[C@@]31[C@H](O)c1ccccc12. The Bertz CT molecular complexity index is 810. The van der Waals surface area contributed by atoms with Crippen LogP contribution in [0.2, 0.25) is 0 Å². The highest BCUT2D eigenvalue weighted by Gasteiger charge is 2.70. The van der Waals surface area contributed by atoms with Gasteiger partial charge >= 0.3 is 6.09 Å². The van der Waals surface area contributed by atoms with Crippen LogP contribution in [0.4, 0.5) is 4.79 Å². The average molecular weight is 363 g/mol. The van der Waals surface area contributed by atoms with E-state index in [2.05, 4.69) is 10.1 Å². The number of aliphatic hydroxyl groups is 3. The molecule has 1 aromatic rings. The number of ketones is 1. The lowest BCUT2D eigenvalue weighted by Gasteiger charge is -2.56. The molecule has 0 saturated heterocycles. The molecule has 132 valence electrons. The second-order valence-electron chi connectivity index (χ2n) is 6.35. The Morgan fingerprint density at radius 3 is 2.76 bits per heavy atom. The smallest absolute Gasteiger partial charge is 0.407 e. The summed E-state index contributed by atoms with van der Waals surface area (Å²) in [4.78, 5) is 24.6. The average Bonchev–Trinajstić information content (AvgIpc) is 3.09. The minimum absolute atomic E-state index is 0.309. The van der Waals surface area contributed by atoms with Gasteiger partial charge in [-0.25, -0.2) is 4.79 Å². The molecule has 4 rings (SSSR count). The van der Waals surface area contributed by atoms with Gasteiger partial charge in [0.1, 0.15) is 17.7 Å². The third kappa shape index (κ3) is 1.82. The van der Waals surface area contributed by atoms with Gasteiger partial charge in [0.05, 0.1) is 11.9 Å². The van der Waals surface area contributed by atoms with Crippen LogP contribution in [0.3, 0.4) is 0 Å². The van der Waals surface area contributed by atoms with Crippen molar-refractivity contribution < 1.29 is 29.6 Å². The summed E-state index contributed by atoms with van der Waals surface area (Å²) in [6.07, 6.45) is -2.03. The summed E-state index contributed by atoms with van der Waals surface area (Å²) < 4.78 is 3.31. The predicted molar refractivity (Wildman–Crippen MR) is 88.9 cm³/mol. The van der Waals surface area contributed by atoms with Gasteiger partial charge in [-0.3, -0.25) is 4.79 Å². The summed E-state index contributed by atoms with van der Waals surface area (Å²) in [6, 6.07) is 5.41. The number of thioether (sulfide) groups is 1. The number of alkyl carbamates (subject to hydrolysis) is 1. The number of fused-ring (bicyclic) bond motifs is 2. The van der Waals surface area contributed by atoms with Gasteiger partial charge in [0, 0.05) is 5.75 Å². The highest BCUT2D eigenvalue weighted by molar-refractivity contribution is 8.01. The van der Waals surface area contributed by atoms with Crippen molar-refractivity contribution in [1.82, 2.24) is 5.32 Å². The molecule has 1 aromatic carbocycles. The first kappa shape index (κ1) is 16.6. The maximum absolute atomic E-state index is 12.9. The third-order valence-corrected chi connectivity index (χ3v) is 6.83. The standard InChI is InChI=1S/C17H17NO6S/c1-24-15(22)18-12-11(19)14(21)16(23)9-5-3-2-4-8(9)13(20)17(12)10(16)6-7-25-17/h2-6,12-14,20-21,23H,7H2,1H3,(H,18,22)/t12-,13-,14+,16+,17+/m1/s1. The number of carbonyl (C=O) groups is 2. The van der Waals surface area contributed by atoms with Crippen molar-refractivity contribution in [2.45, 2.75) is 28.6 Å². The number of hydrogen-bond acceptors (Lipinski definition) is 7. The van der Waals surface area contributed by atoms with Crippen LogP contribution in [0, 0.1) is 0 Å². The van der Waals surface area contributed by atoms with Crippen molar-refractivity contribution in [1.29, 1.82) is 0 Å². The van der Waals surface area contributed by atoms with Gasteiger partial charge in [-0.15, -0.1) is 11.8 Å². The monoisotopic (exact) mass is 363 g/mol. The van der Waals surface area contributed by atoms with Gasteiger partial charge in [-0.1, -0.05) is 30.3 Å². The molecule has 2 bridgehead atoms. The van der Waals surface area contributed by atoms with E-state index in [4.69, 9.17) is 0 Å². The molecule has 4 N–H and O–H groups in total. The highest BCUT2D eigenvalue weighted by atomic mass is 32.2. The fourth-order valence-electron chi connectivity index (χ4n) is 4.26. The maximum atomic E-state index is 12.9. The molecular formula is C17H17NO6S. The quantitative estimate of drug-likeness (QED) is 0.519. The lowest BCUT2D eigenvalue weighted by Crippen LogP contribution is -2.72. The number of amides is 1. The fourth-order valence-corrected chi connectivity index (χ4v) is 5.81. The van der Waals surface area contributed by atoms with E-state index >= 15 is 0 Å². The molecule has 25 heavy (non-hydrogen) atoms. The summed E-state index contributed by atoms with van der Waals surface area (Å²) in [5.74, 6) is -0.324. The second kappa shape index (κ2) is 5.31. The van der Waals surface area contributed by atoms with Crippen molar-refractivity contribution in [2.75, 3.05) is 12.9 Å². The molecule has 1 amide bonds. The van der Waals surface area contributed by atoms with E-state index in [1.807, 2.05) is 0 Å². The molecule has 1 saturated carbocycles. The Hall–Kier alpha value is -1.87. The summed E-state index contributed by atoms with van der Waals surface area (Å²) >= 11 is 1.26. The molecule has 7 nitrogen and oxygen atoms in total. The van der Waals surface area contributed by atoms with Crippen LogP contribution in [0.5, 0.6) is 0 Å². The van der Waals surface area contributed by atoms with E-state index < -0.39 is 40.5 Å². The Morgan fingerprint density at radius 1 is 1.32 bits per heavy atom. The molecule has 0 unspecified atom stereocenters. The number of ether oxygens (including phenoxy) is 1. The van der Waals surface area contributed by atoms with Crippen molar-refractivity contribution in [3.63, 3.8) is 0 Å². The molecule has 2 aliphatic carbocycles. The molecule has 0 spiro atoms. The lowest BCUT2D eigenvalue weighted by atomic mass is 9.57. The molecule has 1 aliphatic heterocycles. The van der Waals surface area contributed by atoms with E-state index in [0.29, 0.717) is 22.5 Å². The van der Waals surface area contributed by atoms with Gasteiger partial charge < -0.3 is 25.4 Å². The Labute approximate surface area is 147 Å². The molecule has 0 aromatic heterocycles. The van der Waals surface area contributed by atoms with Gasteiger partial charge in [-0.2, -0.15) is 0 Å². The number of carbonyl (C=O) groups excluding carboxylic acids is 2. The summed E-state index contributed by atoms with van der Waals surface area (Å²) in [5, 5.41) is 35.6. The van der Waals surface area contributed by atoms with Gasteiger partial charge in [0.15, 0.2) is 11.9 Å². The predicted octanol–water partition coefficient (Wildman–Crippen LogP) is 0.00140. The number of rotatable bonds is 1. The lowest BCUT2D eigenvalue weighted by molar-refractivity contribution is -0.154. The number of hydrogen-bond donors (Lipinski definition) is 4. The zero-order valence-electron chi connectivity index (χ0n) is 13.3. The minimum Gasteiger partial charge on any atom is -0.453 e. The van der Waals surface area contributed by atoms with E-state index in [1.54, 1.807) is 30.3 Å². The highest BCUT2D eigenvalue weighted by Crippen LogP contribution is 2.63. The molecule has 8 heteroatoms. The van der Waals surface area contributed by atoms with E-state index in [1.165, 1.54) is 11.8 Å². The molecular weight excluding hydrogens is 346 g/mol. The van der Waals surface area contributed by atoms with Crippen LogP contribution < -0.4 is 5.32 Å². The Kier molecular flexibility index (Phi) is 3.52. The molecule has 1 heterocycles. The van der Waals surface area contributed by atoms with Crippen LogP contribution in [0.15, 0.2) is 35.9 Å². The normalized spacial score (nSPS) is 38.5. The molecule has 0 radical (unpaired) electrons. The molecule has 1 fully saturated rings. The minimum atomic E-state index is -1.93. The first-order valence-corrected chi connectivity index (χ1v) is 8.78. The van der Waals surface area contributed by atoms with Gasteiger partial charge in [0.2, 0.25) is 0 Å². The van der Waals surface area contributed by atoms with Crippen molar-refractivity contribution in [3.8, 4) is 0 Å². The van der Waals surface area contributed by atoms with Gasteiger partial charge in [0.25, 0.3) is 0 Å². The molecule has 3 aliphatic rings. The molecule has 5 atom stereocenters. The first-order valence-electron chi connectivity index (χ1n) is 7.80. The zero-order chi connectivity index (χ0) is 18.0. The maximum Gasteiger partial charge on any atom is 0.407 e. The summed E-state index contributed by atoms with van der Waals surface area (Å²) in [7, 11) is 1.16. The second-order valence-corrected chi connectivity index (χ2v) is 7.65. The van der Waals surface area contributed by atoms with Crippen LogP contribution in [0.25, 0.3) is 0 Å². The first-order chi connectivity index (χ1) is 11.9. The Morgan fingerprint density at radius 2 is 2.04 bits per heavy atom. The van der Waals surface area contributed by atoms with Crippen LogP contribution >= 0.6 is 11.8 Å². The fraction of sp³-hybridized carbons (Fsp3) is 0.412.